The molecule has 0 saturated carbocycles. The Bertz CT molecular complexity index is 1450. The van der Waals surface area contributed by atoms with E-state index < -0.39 is 57.2 Å². The fraction of sp³-hybridized carbons (Fsp3) is 0.350. The number of fused-ring (bicyclic) bond motifs is 1. The van der Waals surface area contributed by atoms with Crippen molar-refractivity contribution in [1.29, 1.82) is 0 Å². The Labute approximate surface area is 200 Å². The zero-order valence-electron chi connectivity index (χ0n) is 18.8. The lowest BCUT2D eigenvalue weighted by Crippen LogP contribution is -2.31. The second kappa shape index (κ2) is 9.49. The minimum Gasteiger partial charge on any atom is -0.463 e. The van der Waals surface area contributed by atoms with Crippen molar-refractivity contribution in [3.8, 4) is 5.69 Å². The molecule has 3 aromatic rings. The van der Waals surface area contributed by atoms with Gasteiger partial charge in [-0.05, 0) is 6.07 Å². The average Bonchev–Trinajstić information content (AvgIpc) is 3.41. The maximum atomic E-state index is 13.1. The SMILES string of the molecule is CC(=O)OC[C@H]1O[C@@H](n2cnc3c(=O)n(-c4ccc([N+](=O)[O-])cc4[N+](=O)[O-])cnc32)C[C@@H]1OC(C)=O. The fourth-order valence-electron chi connectivity index (χ4n) is 3.83. The maximum absolute atomic E-state index is 13.1. The Balaban J connectivity index is 1.71. The van der Waals surface area contributed by atoms with Gasteiger partial charge in [-0.25, -0.2) is 9.97 Å². The van der Waals surface area contributed by atoms with Crippen LogP contribution in [-0.2, 0) is 23.8 Å². The van der Waals surface area contributed by atoms with E-state index in [9.17, 15) is 34.6 Å². The molecule has 1 aliphatic heterocycles. The Morgan fingerprint density at radius 3 is 2.53 bits per heavy atom. The van der Waals surface area contributed by atoms with Gasteiger partial charge in [0.2, 0.25) is 0 Å². The maximum Gasteiger partial charge on any atom is 0.303 e. The Kier molecular flexibility index (Phi) is 6.43. The number of aromatic nitrogens is 4. The summed E-state index contributed by atoms with van der Waals surface area (Å²) in [6.45, 7) is 2.28. The average molecular weight is 502 g/mol. The van der Waals surface area contributed by atoms with E-state index in [1.165, 1.54) is 24.7 Å². The molecule has 4 rings (SSSR count). The van der Waals surface area contributed by atoms with Crippen LogP contribution in [0.25, 0.3) is 16.9 Å². The second-order valence-corrected chi connectivity index (χ2v) is 7.75. The number of nitro benzene ring substituents is 2. The van der Waals surface area contributed by atoms with Gasteiger partial charge in [0.25, 0.3) is 16.9 Å². The van der Waals surface area contributed by atoms with Crippen molar-refractivity contribution in [2.45, 2.75) is 38.7 Å². The summed E-state index contributed by atoms with van der Waals surface area (Å²) in [4.78, 5) is 64.9. The van der Waals surface area contributed by atoms with Gasteiger partial charge in [0.15, 0.2) is 11.2 Å². The third-order valence-corrected chi connectivity index (χ3v) is 5.37. The first kappa shape index (κ1) is 24.4. The molecule has 0 bridgehead atoms. The molecule has 1 aliphatic rings. The third-order valence-electron chi connectivity index (χ3n) is 5.37. The number of carbonyl (C=O) groups excluding carboxylic acids is 2. The highest BCUT2D eigenvalue weighted by Gasteiger charge is 2.40. The van der Waals surface area contributed by atoms with Gasteiger partial charge in [-0.15, -0.1) is 0 Å². The first-order valence-corrected chi connectivity index (χ1v) is 10.4. The molecule has 16 nitrogen and oxygen atoms in total. The van der Waals surface area contributed by atoms with Crippen LogP contribution in [0, 0.1) is 20.2 Å². The van der Waals surface area contributed by atoms with Crippen molar-refractivity contribution < 1.29 is 33.6 Å². The minimum absolute atomic E-state index is 0.0838. The summed E-state index contributed by atoms with van der Waals surface area (Å²) in [5.74, 6) is -1.10. The molecule has 0 N–H and O–H groups in total. The van der Waals surface area contributed by atoms with Crippen LogP contribution in [0.5, 0.6) is 0 Å². The number of carbonyl (C=O) groups is 2. The van der Waals surface area contributed by atoms with Crippen LogP contribution >= 0.6 is 0 Å². The van der Waals surface area contributed by atoms with Crippen LogP contribution in [0.15, 0.2) is 35.6 Å². The van der Waals surface area contributed by atoms with E-state index in [4.69, 9.17) is 14.2 Å². The highest BCUT2D eigenvalue weighted by Crippen LogP contribution is 2.33. The number of rotatable bonds is 7. The third kappa shape index (κ3) is 4.61. The number of non-ortho nitro benzene ring substituents is 1. The first-order valence-electron chi connectivity index (χ1n) is 10.4. The summed E-state index contributed by atoms with van der Waals surface area (Å²) >= 11 is 0. The molecule has 36 heavy (non-hydrogen) atoms. The summed E-state index contributed by atoms with van der Waals surface area (Å²) < 4.78 is 18.4. The second-order valence-electron chi connectivity index (χ2n) is 7.75. The molecule has 3 heterocycles. The van der Waals surface area contributed by atoms with Crippen molar-refractivity contribution >= 4 is 34.5 Å². The molecule has 2 aromatic heterocycles. The molecule has 0 amide bonds. The monoisotopic (exact) mass is 502 g/mol. The number of benzene rings is 1. The topological polar surface area (TPSA) is 201 Å². The van der Waals surface area contributed by atoms with E-state index in [0.717, 1.165) is 29.1 Å². The quantitative estimate of drug-likeness (QED) is 0.254. The van der Waals surface area contributed by atoms with E-state index in [2.05, 4.69) is 9.97 Å². The first-order chi connectivity index (χ1) is 17.1. The lowest BCUT2D eigenvalue weighted by molar-refractivity contribution is -0.394. The van der Waals surface area contributed by atoms with Crippen molar-refractivity contribution in [2.24, 2.45) is 0 Å². The number of nitro groups is 2. The van der Waals surface area contributed by atoms with Crippen LogP contribution in [0.2, 0.25) is 0 Å². The van der Waals surface area contributed by atoms with Crippen molar-refractivity contribution in [3.05, 3.63) is 61.4 Å². The fourth-order valence-corrected chi connectivity index (χ4v) is 3.83. The number of imidazole rings is 1. The molecule has 16 heteroatoms. The van der Waals surface area contributed by atoms with E-state index >= 15 is 0 Å². The van der Waals surface area contributed by atoms with Gasteiger partial charge in [0, 0.05) is 26.3 Å². The summed E-state index contributed by atoms with van der Waals surface area (Å²) in [5.41, 5.74) is -2.24. The molecule has 0 spiro atoms. The van der Waals surface area contributed by atoms with Gasteiger partial charge >= 0.3 is 11.9 Å². The van der Waals surface area contributed by atoms with Gasteiger partial charge in [-0.3, -0.25) is 43.7 Å². The predicted octanol–water partition coefficient (Wildman–Crippen LogP) is 1.18. The van der Waals surface area contributed by atoms with Crippen LogP contribution in [0.1, 0.15) is 26.5 Å². The van der Waals surface area contributed by atoms with E-state index in [-0.39, 0.29) is 29.9 Å². The summed E-state index contributed by atoms with van der Waals surface area (Å²) in [6.07, 6.45) is 0.158. The summed E-state index contributed by atoms with van der Waals surface area (Å²) in [5, 5.41) is 22.5. The van der Waals surface area contributed by atoms with E-state index in [1.54, 1.807) is 0 Å². The highest BCUT2D eigenvalue weighted by atomic mass is 16.6. The van der Waals surface area contributed by atoms with Gasteiger partial charge in [-0.1, -0.05) is 0 Å². The van der Waals surface area contributed by atoms with E-state index in [1.807, 2.05) is 0 Å². The van der Waals surface area contributed by atoms with E-state index in [0.29, 0.717) is 0 Å². The Morgan fingerprint density at radius 1 is 1.14 bits per heavy atom. The molecule has 0 radical (unpaired) electrons. The molecule has 188 valence electrons. The smallest absolute Gasteiger partial charge is 0.303 e. The molecule has 1 aromatic carbocycles. The summed E-state index contributed by atoms with van der Waals surface area (Å²) in [6, 6.07) is 2.85. The van der Waals surface area contributed by atoms with Crippen LogP contribution in [-0.4, -0.2) is 59.7 Å². The molecule has 1 saturated heterocycles. The lowest BCUT2D eigenvalue weighted by Gasteiger charge is -2.17. The molecule has 3 atom stereocenters. The summed E-state index contributed by atoms with van der Waals surface area (Å²) in [7, 11) is 0. The number of ether oxygens (including phenoxy) is 3. The van der Waals surface area contributed by atoms with Gasteiger partial charge < -0.3 is 14.2 Å². The number of hydrogen-bond donors (Lipinski definition) is 0. The Hall–Kier alpha value is -4.73. The van der Waals surface area contributed by atoms with Crippen molar-refractivity contribution in [3.63, 3.8) is 0 Å². The van der Waals surface area contributed by atoms with Crippen LogP contribution in [0.4, 0.5) is 11.4 Å². The number of nitrogens with zero attached hydrogens (tertiary/aromatic N) is 6. The molecule has 0 unspecified atom stereocenters. The minimum atomic E-state index is -0.845. The number of esters is 2. The normalized spacial score (nSPS) is 19.2. The molecule has 1 fully saturated rings. The molecular formula is C20H18N6O10. The van der Waals surface area contributed by atoms with Crippen molar-refractivity contribution in [1.82, 2.24) is 19.1 Å². The highest BCUT2D eigenvalue weighted by molar-refractivity contribution is 5.71. The van der Waals surface area contributed by atoms with Crippen molar-refractivity contribution in [2.75, 3.05) is 6.61 Å². The zero-order valence-corrected chi connectivity index (χ0v) is 18.8. The van der Waals surface area contributed by atoms with Gasteiger partial charge in [0.1, 0.15) is 37.1 Å². The van der Waals surface area contributed by atoms with Crippen LogP contribution < -0.4 is 5.56 Å². The lowest BCUT2D eigenvalue weighted by atomic mass is 10.2. The Morgan fingerprint density at radius 2 is 1.89 bits per heavy atom. The molecule has 0 aliphatic carbocycles. The van der Waals surface area contributed by atoms with Gasteiger partial charge in [0.05, 0.1) is 22.2 Å². The number of hydrogen-bond acceptors (Lipinski definition) is 12. The molecular weight excluding hydrogens is 484 g/mol. The van der Waals surface area contributed by atoms with Gasteiger partial charge in [-0.2, -0.15) is 0 Å². The predicted molar refractivity (Wildman–Crippen MR) is 117 cm³/mol. The standard InChI is InChI=1S/C20H18N6O10/c1-10(27)34-7-16-15(35-11(2)28)6-17(36-16)24-8-21-18-19(24)22-9-23(20(18)29)13-4-3-12(25(30)31)5-14(13)26(32)33/h3-5,8-9,15-17H,6-7H2,1-2H3/t15-,16+,17+/m0/s1. The zero-order chi connectivity index (χ0) is 26.1. The largest absolute Gasteiger partial charge is 0.463 e. The van der Waals surface area contributed by atoms with Crippen LogP contribution in [0.3, 0.4) is 0 Å².